The summed E-state index contributed by atoms with van der Waals surface area (Å²) in [6.07, 6.45) is 5.24. The first-order chi connectivity index (χ1) is 9.42. The Hall–Kier alpha value is -0.810. The second-order valence-corrected chi connectivity index (χ2v) is 6.06. The van der Waals surface area contributed by atoms with Gasteiger partial charge in [0.1, 0.15) is 5.84 Å². The standard InChI is InChI=1S/C15H33N3O2/c1-5-13(6-2)18(11-12-19)10-8-7-9-15(3,4)14(16)17-20/h13,19-20H,5-12H2,1-4H3,(H2,16,17). The first-order valence-electron chi connectivity index (χ1n) is 7.75. The minimum absolute atomic E-state index is 0.214. The Balaban J connectivity index is 4.18. The lowest BCUT2D eigenvalue weighted by Gasteiger charge is -2.30. The van der Waals surface area contributed by atoms with Gasteiger partial charge in [0, 0.05) is 18.0 Å². The molecule has 0 heterocycles. The highest BCUT2D eigenvalue weighted by Crippen LogP contribution is 2.23. The summed E-state index contributed by atoms with van der Waals surface area (Å²) in [5.74, 6) is 0.296. The van der Waals surface area contributed by atoms with Crippen molar-refractivity contribution in [3.63, 3.8) is 0 Å². The van der Waals surface area contributed by atoms with Gasteiger partial charge in [-0.1, -0.05) is 39.3 Å². The molecular formula is C15H33N3O2. The summed E-state index contributed by atoms with van der Waals surface area (Å²) in [4.78, 5) is 2.37. The average Bonchev–Trinajstić information content (AvgIpc) is 2.43. The topological polar surface area (TPSA) is 82.1 Å². The minimum atomic E-state index is -0.258. The Morgan fingerprint density at radius 3 is 2.25 bits per heavy atom. The number of hydrogen-bond donors (Lipinski definition) is 3. The van der Waals surface area contributed by atoms with Crippen LogP contribution >= 0.6 is 0 Å². The van der Waals surface area contributed by atoms with Gasteiger partial charge >= 0.3 is 0 Å². The second-order valence-electron chi connectivity index (χ2n) is 6.06. The Kier molecular flexibility index (Phi) is 9.59. The predicted molar refractivity (Wildman–Crippen MR) is 84.1 cm³/mol. The van der Waals surface area contributed by atoms with Crippen molar-refractivity contribution in [3.8, 4) is 0 Å². The number of aliphatic hydroxyl groups excluding tert-OH is 1. The van der Waals surface area contributed by atoms with E-state index < -0.39 is 0 Å². The van der Waals surface area contributed by atoms with Crippen LogP contribution in [0.1, 0.15) is 59.8 Å². The van der Waals surface area contributed by atoms with E-state index >= 15 is 0 Å². The zero-order valence-electron chi connectivity index (χ0n) is 13.6. The highest BCUT2D eigenvalue weighted by molar-refractivity contribution is 5.85. The van der Waals surface area contributed by atoms with Gasteiger partial charge in [0.25, 0.3) is 0 Å². The number of aliphatic hydroxyl groups is 1. The van der Waals surface area contributed by atoms with Gasteiger partial charge in [0.15, 0.2) is 0 Å². The second kappa shape index (κ2) is 10.00. The third-order valence-electron chi connectivity index (χ3n) is 4.14. The van der Waals surface area contributed by atoms with Gasteiger partial charge in [0.05, 0.1) is 6.61 Å². The van der Waals surface area contributed by atoms with E-state index in [4.69, 9.17) is 16.0 Å². The molecule has 0 fully saturated rings. The van der Waals surface area contributed by atoms with E-state index in [0.29, 0.717) is 11.9 Å². The van der Waals surface area contributed by atoms with Crippen molar-refractivity contribution in [1.29, 1.82) is 0 Å². The van der Waals surface area contributed by atoms with E-state index in [1.807, 2.05) is 13.8 Å². The first-order valence-corrected chi connectivity index (χ1v) is 7.75. The maximum atomic E-state index is 9.17. The summed E-state index contributed by atoms with van der Waals surface area (Å²) in [6.45, 7) is 10.3. The molecule has 0 bridgehead atoms. The molecule has 0 aromatic carbocycles. The van der Waals surface area contributed by atoms with Crippen LogP contribution in [0.15, 0.2) is 5.16 Å². The molecule has 0 spiro atoms. The molecule has 0 radical (unpaired) electrons. The summed E-state index contributed by atoms with van der Waals surface area (Å²) in [5.41, 5.74) is 5.43. The van der Waals surface area contributed by atoms with Crippen molar-refractivity contribution in [3.05, 3.63) is 0 Å². The van der Waals surface area contributed by atoms with Crippen molar-refractivity contribution in [2.24, 2.45) is 16.3 Å². The van der Waals surface area contributed by atoms with Crippen molar-refractivity contribution < 1.29 is 10.3 Å². The smallest absolute Gasteiger partial charge is 0.144 e. The Labute approximate surface area is 123 Å². The van der Waals surface area contributed by atoms with Gasteiger partial charge in [-0.3, -0.25) is 4.90 Å². The molecule has 0 aromatic rings. The van der Waals surface area contributed by atoms with E-state index in [9.17, 15) is 0 Å². The molecule has 0 unspecified atom stereocenters. The lowest BCUT2D eigenvalue weighted by Crippen LogP contribution is -2.37. The van der Waals surface area contributed by atoms with E-state index in [2.05, 4.69) is 23.9 Å². The zero-order valence-corrected chi connectivity index (χ0v) is 13.6. The quantitative estimate of drug-likeness (QED) is 0.179. The van der Waals surface area contributed by atoms with Crippen molar-refractivity contribution in [1.82, 2.24) is 4.90 Å². The Morgan fingerprint density at radius 2 is 1.80 bits per heavy atom. The largest absolute Gasteiger partial charge is 0.409 e. The summed E-state index contributed by atoms with van der Waals surface area (Å²) in [6, 6.07) is 0.555. The SMILES string of the molecule is CCC(CC)N(CCO)CCCCC(C)(C)C(N)=NO. The maximum absolute atomic E-state index is 9.17. The zero-order chi connectivity index (χ0) is 15.6. The van der Waals surface area contributed by atoms with Crippen LogP contribution in [0, 0.1) is 5.41 Å². The third kappa shape index (κ3) is 6.57. The number of oxime groups is 1. The van der Waals surface area contributed by atoms with Gasteiger partial charge in [-0.25, -0.2) is 0 Å². The number of unbranched alkanes of at least 4 members (excludes halogenated alkanes) is 1. The molecule has 20 heavy (non-hydrogen) atoms. The highest BCUT2D eigenvalue weighted by Gasteiger charge is 2.23. The normalized spacial score (nSPS) is 13.4. The molecule has 0 rings (SSSR count). The molecule has 0 saturated heterocycles. The van der Waals surface area contributed by atoms with Gasteiger partial charge in [-0.05, 0) is 32.2 Å². The summed E-state index contributed by atoms with van der Waals surface area (Å²) >= 11 is 0. The Morgan fingerprint density at radius 1 is 1.20 bits per heavy atom. The number of amidine groups is 1. The van der Waals surface area contributed by atoms with Crippen LogP contribution in [0.5, 0.6) is 0 Å². The molecular weight excluding hydrogens is 254 g/mol. The fourth-order valence-corrected chi connectivity index (χ4v) is 2.56. The molecule has 5 nitrogen and oxygen atoms in total. The van der Waals surface area contributed by atoms with Gasteiger partial charge in [0.2, 0.25) is 0 Å². The first kappa shape index (κ1) is 19.2. The van der Waals surface area contributed by atoms with Crippen LogP contribution in [0.4, 0.5) is 0 Å². The van der Waals surface area contributed by atoms with Gasteiger partial charge in [-0.2, -0.15) is 0 Å². The third-order valence-corrected chi connectivity index (χ3v) is 4.14. The van der Waals surface area contributed by atoms with E-state index in [0.717, 1.165) is 45.2 Å². The monoisotopic (exact) mass is 287 g/mol. The van der Waals surface area contributed by atoms with Crippen LogP contribution in [0.3, 0.4) is 0 Å². The van der Waals surface area contributed by atoms with Crippen LogP contribution in [0.25, 0.3) is 0 Å². The van der Waals surface area contributed by atoms with Crippen molar-refractivity contribution in [2.75, 3.05) is 19.7 Å². The molecule has 0 aromatic heterocycles. The average molecular weight is 287 g/mol. The molecule has 0 aliphatic heterocycles. The molecule has 4 N–H and O–H groups in total. The fraction of sp³-hybridized carbons (Fsp3) is 0.933. The number of nitrogens with two attached hydrogens (primary N) is 1. The summed E-state index contributed by atoms with van der Waals surface area (Å²) < 4.78 is 0. The molecule has 0 aliphatic carbocycles. The van der Waals surface area contributed by atoms with Crippen molar-refractivity contribution in [2.45, 2.75) is 65.8 Å². The van der Waals surface area contributed by atoms with Crippen LogP contribution < -0.4 is 5.73 Å². The molecule has 0 amide bonds. The predicted octanol–water partition coefficient (Wildman–Crippen LogP) is 2.41. The lowest BCUT2D eigenvalue weighted by molar-refractivity contribution is 0.140. The molecule has 0 atom stereocenters. The summed E-state index contributed by atoms with van der Waals surface area (Å²) in [7, 11) is 0. The highest BCUT2D eigenvalue weighted by atomic mass is 16.4. The van der Waals surface area contributed by atoms with Crippen LogP contribution in [-0.4, -0.2) is 46.8 Å². The summed E-state index contributed by atoms with van der Waals surface area (Å²) in [5, 5.41) is 21.0. The van der Waals surface area contributed by atoms with E-state index in [1.165, 1.54) is 0 Å². The van der Waals surface area contributed by atoms with E-state index in [-0.39, 0.29) is 12.0 Å². The Bertz CT molecular complexity index is 276. The van der Waals surface area contributed by atoms with E-state index in [1.54, 1.807) is 0 Å². The molecule has 0 saturated carbocycles. The fourth-order valence-electron chi connectivity index (χ4n) is 2.56. The van der Waals surface area contributed by atoms with Crippen molar-refractivity contribution >= 4 is 5.84 Å². The van der Waals surface area contributed by atoms with Gasteiger partial charge in [-0.15, -0.1) is 0 Å². The van der Waals surface area contributed by atoms with Crippen LogP contribution in [-0.2, 0) is 0 Å². The van der Waals surface area contributed by atoms with Gasteiger partial charge < -0.3 is 16.0 Å². The number of hydrogen-bond acceptors (Lipinski definition) is 4. The molecule has 5 heteroatoms. The maximum Gasteiger partial charge on any atom is 0.144 e. The minimum Gasteiger partial charge on any atom is -0.409 e. The molecule has 120 valence electrons. The number of rotatable bonds is 11. The molecule has 0 aliphatic rings. The lowest BCUT2D eigenvalue weighted by atomic mass is 9.86. The van der Waals surface area contributed by atoms with Crippen LogP contribution in [0.2, 0.25) is 0 Å². The number of nitrogens with zero attached hydrogens (tertiary/aromatic N) is 2.